The lowest BCUT2D eigenvalue weighted by molar-refractivity contribution is -0.0654. The van der Waals surface area contributed by atoms with Gasteiger partial charge in [0.15, 0.2) is 5.82 Å². The largest absolute Gasteiger partial charge is 0.388 e. The number of halogens is 1. The van der Waals surface area contributed by atoms with Crippen molar-refractivity contribution >= 4 is 5.65 Å². The van der Waals surface area contributed by atoms with Crippen LogP contribution in [-0.2, 0) is 17.6 Å². The Morgan fingerprint density at radius 1 is 1.09 bits per heavy atom. The molecule has 2 N–H and O–H groups in total. The molecule has 2 aromatic carbocycles. The molecule has 1 aliphatic rings. The smallest absolute Gasteiger partial charge is 0.257 e. The lowest BCUT2D eigenvalue weighted by Crippen LogP contribution is -2.36. The molecule has 3 heterocycles. The fourth-order valence-electron chi connectivity index (χ4n) is 6.27. The van der Waals surface area contributed by atoms with Gasteiger partial charge in [-0.1, -0.05) is 49.7 Å². The number of ether oxygens (including phenoxy) is 1. The number of benzene rings is 2. The van der Waals surface area contributed by atoms with Crippen LogP contribution in [-0.4, -0.2) is 58.2 Å². The van der Waals surface area contributed by atoms with Crippen LogP contribution in [0.4, 0.5) is 4.39 Å². The average Bonchev–Trinajstić information content (AvgIpc) is 3.72. The summed E-state index contributed by atoms with van der Waals surface area (Å²) in [6, 6.07) is 14.6. The minimum Gasteiger partial charge on any atom is -0.388 e. The molecule has 0 saturated heterocycles. The van der Waals surface area contributed by atoms with Crippen molar-refractivity contribution in [2.75, 3.05) is 6.61 Å². The number of aliphatic hydroxyl groups is 1. The highest BCUT2D eigenvalue weighted by Crippen LogP contribution is 2.33. The van der Waals surface area contributed by atoms with Gasteiger partial charge in [0, 0.05) is 29.7 Å². The number of aromatic nitrogens is 7. The Hall–Kier alpha value is -4.22. The van der Waals surface area contributed by atoms with Crippen LogP contribution >= 0.6 is 0 Å². The minimum absolute atomic E-state index is 0.0209. The number of rotatable bonds is 10. The van der Waals surface area contributed by atoms with E-state index in [1.165, 1.54) is 6.07 Å². The van der Waals surface area contributed by atoms with Crippen molar-refractivity contribution in [2.24, 2.45) is 0 Å². The number of aromatic amines is 1. The number of hydrogen-bond acceptors (Lipinski definition) is 7. The first-order valence-corrected chi connectivity index (χ1v) is 15.3. The Balaban J connectivity index is 1.33. The maximum Gasteiger partial charge on any atom is 0.257 e. The van der Waals surface area contributed by atoms with Crippen molar-refractivity contribution in [3.8, 4) is 22.5 Å². The quantitative estimate of drug-likeness (QED) is 0.223. The Labute approximate surface area is 254 Å². The van der Waals surface area contributed by atoms with E-state index in [2.05, 4.69) is 32.6 Å². The number of aryl methyl sites for hydroxylation is 1. The summed E-state index contributed by atoms with van der Waals surface area (Å²) < 4.78 is 25.5. The Morgan fingerprint density at radius 2 is 1.86 bits per heavy atom. The Morgan fingerprint density at radius 3 is 2.55 bits per heavy atom. The fraction of sp³-hybridized carbons (Fsp3) is 0.424. The highest BCUT2D eigenvalue weighted by atomic mass is 19.1. The zero-order valence-electron chi connectivity index (χ0n) is 25.3. The van der Waals surface area contributed by atoms with E-state index < -0.39 is 5.60 Å². The molecule has 0 atom stereocenters. The van der Waals surface area contributed by atoms with E-state index in [1.807, 2.05) is 45.5 Å². The van der Waals surface area contributed by atoms with Crippen molar-refractivity contribution < 1.29 is 14.2 Å². The third kappa shape index (κ3) is 6.07. The third-order valence-electron chi connectivity index (χ3n) is 8.38. The molecule has 1 aliphatic carbocycles. The first-order chi connectivity index (χ1) is 21.2. The molecule has 0 bridgehead atoms. The van der Waals surface area contributed by atoms with Crippen LogP contribution < -0.4 is 5.56 Å². The predicted octanol–water partition coefficient (Wildman–Crippen LogP) is 5.30. The summed E-state index contributed by atoms with van der Waals surface area (Å²) in [6.07, 6.45) is 6.54. The second-order valence-corrected chi connectivity index (χ2v) is 12.3. The van der Waals surface area contributed by atoms with Gasteiger partial charge in [-0.05, 0) is 79.1 Å². The second kappa shape index (κ2) is 12.4. The topological polar surface area (TPSA) is 123 Å². The minimum atomic E-state index is -0.882. The van der Waals surface area contributed by atoms with E-state index in [-0.39, 0.29) is 36.5 Å². The highest BCUT2D eigenvalue weighted by Gasteiger charge is 2.29. The van der Waals surface area contributed by atoms with Crippen LogP contribution in [0.2, 0.25) is 0 Å². The summed E-state index contributed by atoms with van der Waals surface area (Å²) in [6.45, 7) is 5.81. The molecule has 1 fully saturated rings. The van der Waals surface area contributed by atoms with Crippen LogP contribution in [0, 0.1) is 5.82 Å². The summed E-state index contributed by atoms with van der Waals surface area (Å²) in [5.74, 6) is 0.117. The number of tetrazole rings is 1. The molecule has 0 radical (unpaired) electrons. The number of H-pyrrole nitrogens is 1. The molecule has 5 aromatic rings. The van der Waals surface area contributed by atoms with Gasteiger partial charge < -0.3 is 9.84 Å². The molecule has 0 amide bonds. The van der Waals surface area contributed by atoms with Gasteiger partial charge in [-0.15, -0.1) is 5.10 Å². The van der Waals surface area contributed by atoms with E-state index >= 15 is 4.39 Å². The van der Waals surface area contributed by atoms with Gasteiger partial charge in [0.2, 0.25) is 0 Å². The van der Waals surface area contributed by atoms with E-state index in [0.29, 0.717) is 28.9 Å². The van der Waals surface area contributed by atoms with Crippen molar-refractivity contribution in [3.63, 3.8) is 0 Å². The Bertz CT molecular complexity index is 1800. The summed E-state index contributed by atoms with van der Waals surface area (Å²) in [5, 5.41) is 28.8. The van der Waals surface area contributed by atoms with Gasteiger partial charge >= 0.3 is 0 Å². The van der Waals surface area contributed by atoms with Crippen molar-refractivity contribution in [1.29, 1.82) is 0 Å². The van der Waals surface area contributed by atoms with Gasteiger partial charge in [0.05, 0.1) is 30.2 Å². The van der Waals surface area contributed by atoms with Crippen molar-refractivity contribution in [2.45, 2.75) is 83.5 Å². The molecule has 1 saturated carbocycles. The number of fused-ring (bicyclic) bond motifs is 1. The molecule has 6 rings (SSSR count). The van der Waals surface area contributed by atoms with Crippen LogP contribution in [0.15, 0.2) is 59.5 Å². The Kier molecular flexibility index (Phi) is 8.42. The molecular formula is C33H38FN7O3. The SMILES string of the molecule is CCCc1c(Cc2ccc(-c3ccccc3-c3nnn[nH]3)cc2F)c(=O)n([C@H]2CC[C@H](OCC(C)(C)O)CC2)c2ccnn12. The van der Waals surface area contributed by atoms with Crippen LogP contribution in [0.3, 0.4) is 0 Å². The van der Waals surface area contributed by atoms with E-state index in [1.54, 1.807) is 26.1 Å². The first-order valence-electron chi connectivity index (χ1n) is 15.3. The van der Waals surface area contributed by atoms with Gasteiger partial charge in [-0.2, -0.15) is 5.10 Å². The molecule has 44 heavy (non-hydrogen) atoms. The molecule has 3 aromatic heterocycles. The van der Waals surface area contributed by atoms with E-state index in [9.17, 15) is 9.90 Å². The standard InChI is InChI=1S/C33H38FN7O3/c1-4-7-29-27(18-22-11-10-21(19-28(22)34)25-8-5-6-9-26(25)31-36-38-39-37-31)32(42)40(30-16-17-35-41(29)30)23-12-14-24(15-13-23)44-20-33(2,3)43/h5-6,8-11,16-17,19,23-24,43H,4,7,12-15,18,20H2,1-3H3,(H,36,37,38,39)/t23-,24-. The molecule has 230 valence electrons. The van der Waals surface area contributed by atoms with Gasteiger partial charge in [-0.3, -0.25) is 9.36 Å². The maximum atomic E-state index is 15.8. The lowest BCUT2D eigenvalue weighted by atomic mass is 9.92. The molecule has 0 unspecified atom stereocenters. The van der Waals surface area contributed by atoms with Crippen LogP contribution in [0.1, 0.15) is 75.7 Å². The number of hydrogen-bond donors (Lipinski definition) is 2. The summed E-state index contributed by atoms with van der Waals surface area (Å²) >= 11 is 0. The van der Waals surface area contributed by atoms with Gasteiger partial charge in [0.25, 0.3) is 5.56 Å². The second-order valence-electron chi connectivity index (χ2n) is 12.3. The monoisotopic (exact) mass is 599 g/mol. The molecule has 11 heteroatoms. The fourth-order valence-corrected chi connectivity index (χ4v) is 6.27. The van der Waals surface area contributed by atoms with Crippen LogP contribution in [0.5, 0.6) is 0 Å². The van der Waals surface area contributed by atoms with E-state index in [0.717, 1.165) is 54.6 Å². The highest BCUT2D eigenvalue weighted by molar-refractivity contribution is 5.80. The van der Waals surface area contributed by atoms with Crippen LogP contribution in [0.25, 0.3) is 28.2 Å². The third-order valence-corrected chi connectivity index (χ3v) is 8.38. The van der Waals surface area contributed by atoms with Crippen molar-refractivity contribution in [1.82, 2.24) is 34.8 Å². The zero-order chi connectivity index (χ0) is 30.8. The molecule has 10 nitrogen and oxygen atoms in total. The first kappa shape index (κ1) is 29.8. The summed E-state index contributed by atoms with van der Waals surface area (Å²) in [4.78, 5) is 14.3. The zero-order valence-corrected chi connectivity index (χ0v) is 25.3. The summed E-state index contributed by atoms with van der Waals surface area (Å²) in [5.41, 5.74) is 3.89. The number of nitrogens with one attached hydrogen (secondary N) is 1. The predicted molar refractivity (Wildman–Crippen MR) is 165 cm³/mol. The summed E-state index contributed by atoms with van der Waals surface area (Å²) in [7, 11) is 0. The van der Waals surface area contributed by atoms with Gasteiger partial charge in [0.1, 0.15) is 11.5 Å². The maximum absolute atomic E-state index is 15.8. The lowest BCUT2D eigenvalue weighted by Gasteiger charge is -2.32. The number of nitrogens with zero attached hydrogens (tertiary/aromatic N) is 6. The normalized spacial score (nSPS) is 17.4. The molecule has 0 spiro atoms. The average molecular weight is 600 g/mol. The molecule has 0 aliphatic heterocycles. The van der Waals surface area contributed by atoms with Gasteiger partial charge in [-0.25, -0.2) is 14.0 Å². The molecular weight excluding hydrogens is 561 g/mol. The van der Waals surface area contributed by atoms with E-state index in [4.69, 9.17) is 4.74 Å². The van der Waals surface area contributed by atoms with Crippen molar-refractivity contribution in [3.05, 3.63) is 87.7 Å².